The zero-order valence-electron chi connectivity index (χ0n) is 15.4. The SMILES string of the molecule is O=S(=O)(NCC(c1ccccc1)c1ccccc1)c1ccc(Br)cc1OC(F)(F)F. The van der Waals surface area contributed by atoms with E-state index in [2.05, 4.69) is 25.4 Å². The Bertz CT molecular complexity index is 1050. The van der Waals surface area contributed by atoms with Crippen LogP contribution in [-0.2, 0) is 10.0 Å². The van der Waals surface area contributed by atoms with Crippen LogP contribution >= 0.6 is 15.9 Å². The molecule has 158 valence electrons. The number of nitrogens with one attached hydrogen (secondary N) is 1. The fourth-order valence-corrected chi connectivity index (χ4v) is 4.47. The summed E-state index contributed by atoms with van der Waals surface area (Å²) in [5, 5.41) is 0. The van der Waals surface area contributed by atoms with Crippen LogP contribution in [0.1, 0.15) is 17.0 Å². The van der Waals surface area contributed by atoms with Crippen molar-refractivity contribution in [1.82, 2.24) is 4.72 Å². The average Bonchev–Trinajstić information content (AvgIpc) is 2.68. The number of benzene rings is 3. The second-order valence-electron chi connectivity index (χ2n) is 6.36. The van der Waals surface area contributed by atoms with Crippen LogP contribution < -0.4 is 9.46 Å². The molecule has 0 amide bonds. The van der Waals surface area contributed by atoms with E-state index in [1.807, 2.05) is 60.7 Å². The maximum atomic E-state index is 12.8. The van der Waals surface area contributed by atoms with Crippen molar-refractivity contribution in [3.63, 3.8) is 0 Å². The quantitative estimate of drug-likeness (QED) is 0.469. The highest BCUT2D eigenvalue weighted by atomic mass is 79.9. The zero-order chi connectivity index (χ0) is 21.8. The summed E-state index contributed by atoms with van der Waals surface area (Å²) >= 11 is 3.03. The van der Waals surface area contributed by atoms with Crippen LogP contribution in [0.5, 0.6) is 5.75 Å². The summed E-state index contributed by atoms with van der Waals surface area (Å²) in [6.45, 7) is -0.0438. The van der Waals surface area contributed by atoms with Crippen molar-refractivity contribution in [2.24, 2.45) is 0 Å². The van der Waals surface area contributed by atoms with Crippen molar-refractivity contribution in [3.8, 4) is 5.75 Å². The molecule has 9 heteroatoms. The molecule has 0 radical (unpaired) electrons. The fourth-order valence-electron chi connectivity index (χ4n) is 2.98. The molecule has 3 aromatic rings. The lowest BCUT2D eigenvalue weighted by atomic mass is 9.92. The first-order valence-corrected chi connectivity index (χ1v) is 11.1. The van der Waals surface area contributed by atoms with E-state index in [4.69, 9.17) is 0 Å². The summed E-state index contributed by atoms with van der Waals surface area (Å²) in [5.74, 6) is -1.13. The number of rotatable bonds is 7. The molecule has 0 spiro atoms. The van der Waals surface area contributed by atoms with Crippen LogP contribution in [0.25, 0.3) is 0 Å². The Balaban J connectivity index is 1.91. The monoisotopic (exact) mass is 499 g/mol. The summed E-state index contributed by atoms with van der Waals surface area (Å²) in [4.78, 5) is -0.595. The predicted octanol–water partition coefficient (Wildman–Crippen LogP) is 5.46. The minimum absolute atomic E-state index is 0.0438. The topological polar surface area (TPSA) is 55.4 Å². The molecule has 0 aliphatic rings. The summed E-state index contributed by atoms with van der Waals surface area (Å²) in [6.07, 6.45) is -5.03. The Morgan fingerprint density at radius 3 is 1.93 bits per heavy atom. The molecule has 3 rings (SSSR count). The van der Waals surface area contributed by atoms with E-state index in [9.17, 15) is 21.6 Å². The highest BCUT2D eigenvalue weighted by Gasteiger charge is 2.34. The molecule has 0 fully saturated rings. The molecular weight excluding hydrogens is 483 g/mol. The maximum Gasteiger partial charge on any atom is 0.573 e. The van der Waals surface area contributed by atoms with Crippen molar-refractivity contribution in [3.05, 3.63) is 94.5 Å². The van der Waals surface area contributed by atoms with Crippen molar-refractivity contribution >= 4 is 26.0 Å². The third-order valence-electron chi connectivity index (χ3n) is 4.30. The van der Waals surface area contributed by atoms with Crippen molar-refractivity contribution < 1.29 is 26.3 Å². The molecule has 3 aromatic carbocycles. The van der Waals surface area contributed by atoms with Gasteiger partial charge in [0, 0.05) is 16.9 Å². The molecule has 0 saturated heterocycles. The fraction of sp³-hybridized carbons (Fsp3) is 0.143. The molecule has 4 nitrogen and oxygen atoms in total. The summed E-state index contributed by atoms with van der Waals surface area (Å²) < 4.78 is 70.5. The number of sulfonamides is 1. The molecule has 0 bridgehead atoms. The maximum absolute atomic E-state index is 12.8. The van der Waals surface area contributed by atoms with E-state index in [-0.39, 0.29) is 16.9 Å². The molecule has 0 unspecified atom stereocenters. The lowest BCUT2D eigenvalue weighted by Crippen LogP contribution is -2.30. The third-order valence-corrected chi connectivity index (χ3v) is 6.26. The second kappa shape index (κ2) is 9.20. The Morgan fingerprint density at radius 2 is 1.43 bits per heavy atom. The molecule has 0 atom stereocenters. The third kappa shape index (κ3) is 5.84. The number of alkyl halides is 3. The van der Waals surface area contributed by atoms with Crippen LogP contribution in [0.3, 0.4) is 0 Å². The predicted molar refractivity (Wildman–Crippen MR) is 111 cm³/mol. The molecule has 0 saturated carbocycles. The van der Waals surface area contributed by atoms with Crippen LogP contribution in [-0.4, -0.2) is 21.3 Å². The lowest BCUT2D eigenvalue weighted by molar-refractivity contribution is -0.275. The van der Waals surface area contributed by atoms with Gasteiger partial charge in [-0.1, -0.05) is 76.6 Å². The molecule has 30 heavy (non-hydrogen) atoms. The Morgan fingerprint density at radius 1 is 0.900 bits per heavy atom. The highest BCUT2D eigenvalue weighted by molar-refractivity contribution is 9.10. The van der Waals surface area contributed by atoms with Gasteiger partial charge in [0.1, 0.15) is 4.90 Å². The van der Waals surface area contributed by atoms with Crippen molar-refractivity contribution in [2.75, 3.05) is 6.54 Å². The summed E-state index contributed by atoms with van der Waals surface area (Å²) in [5.41, 5.74) is 1.74. The van der Waals surface area contributed by atoms with Gasteiger partial charge in [-0.2, -0.15) is 0 Å². The van der Waals surface area contributed by atoms with Crippen molar-refractivity contribution in [1.29, 1.82) is 0 Å². The van der Waals surface area contributed by atoms with Gasteiger partial charge in [0.2, 0.25) is 10.0 Å². The van der Waals surface area contributed by atoms with E-state index in [1.54, 1.807) is 0 Å². The van der Waals surface area contributed by atoms with Gasteiger partial charge < -0.3 is 4.74 Å². The van der Waals surface area contributed by atoms with E-state index >= 15 is 0 Å². The van der Waals surface area contributed by atoms with Gasteiger partial charge in [-0.25, -0.2) is 13.1 Å². The number of hydrogen-bond acceptors (Lipinski definition) is 3. The van der Waals surface area contributed by atoms with Gasteiger partial charge in [0.15, 0.2) is 5.75 Å². The molecular formula is C21H17BrF3NO3S. The molecule has 0 aliphatic heterocycles. The first kappa shape index (κ1) is 22.3. The lowest BCUT2D eigenvalue weighted by Gasteiger charge is -2.20. The number of hydrogen-bond donors (Lipinski definition) is 1. The Labute approximate surface area is 180 Å². The van der Waals surface area contributed by atoms with Crippen LogP contribution in [0.15, 0.2) is 88.2 Å². The number of ether oxygens (including phenoxy) is 1. The van der Waals surface area contributed by atoms with Gasteiger partial charge in [-0.05, 0) is 29.3 Å². The highest BCUT2D eigenvalue weighted by Crippen LogP contribution is 2.33. The summed E-state index contributed by atoms with van der Waals surface area (Å²) in [6, 6.07) is 21.9. The minimum Gasteiger partial charge on any atom is -0.404 e. The van der Waals surface area contributed by atoms with E-state index in [0.717, 1.165) is 23.3 Å². The molecule has 1 N–H and O–H groups in total. The molecule has 0 aliphatic carbocycles. The second-order valence-corrected chi connectivity index (χ2v) is 9.02. The largest absolute Gasteiger partial charge is 0.573 e. The van der Waals surface area contributed by atoms with E-state index in [0.29, 0.717) is 0 Å². The Kier molecular flexibility index (Phi) is 6.84. The first-order valence-electron chi connectivity index (χ1n) is 8.80. The van der Waals surface area contributed by atoms with Crippen LogP contribution in [0.4, 0.5) is 13.2 Å². The minimum atomic E-state index is -5.03. The van der Waals surface area contributed by atoms with Crippen LogP contribution in [0.2, 0.25) is 0 Å². The van der Waals surface area contributed by atoms with Gasteiger partial charge in [-0.15, -0.1) is 13.2 Å². The van der Waals surface area contributed by atoms with Crippen LogP contribution in [0, 0.1) is 0 Å². The van der Waals surface area contributed by atoms with E-state index < -0.39 is 27.0 Å². The van der Waals surface area contributed by atoms with Gasteiger partial charge in [-0.3, -0.25) is 0 Å². The standard InChI is InChI=1S/C21H17BrF3NO3S/c22-17-11-12-20(19(13-17)29-21(23,24)25)30(27,28)26-14-18(15-7-3-1-4-8-15)16-9-5-2-6-10-16/h1-13,18,26H,14H2. The van der Waals surface area contributed by atoms with Gasteiger partial charge in [0.05, 0.1) is 0 Å². The first-order chi connectivity index (χ1) is 14.2. The smallest absolute Gasteiger partial charge is 0.404 e. The normalized spacial score (nSPS) is 12.2. The molecule has 0 aromatic heterocycles. The molecule has 0 heterocycles. The van der Waals surface area contributed by atoms with Gasteiger partial charge in [0.25, 0.3) is 0 Å². The Hall–Kier alpha value is -2.36. The zero-order valence-corrected chi connectivity index (χ0v) is 17.8. The van der Waals surface area contributed by atoms with Gasteiger partial charge >= 0.3 is 6.36 Å². The van der Waals surface area contributed by atoms with E-state index in [1.165, 1.54) is 6.07 Å². The summed E-state index contributed by atoms with van der Waals surface area (Å²) in [7, 11) is -4.29. The van der Waals surface area contributed by atoms with Crippen molar-refractivity contribution in [2.45, 2.75) is 17.2 Å². The average molecular weight is 500 g/mol. The number of halogens is 4.